The quantitative estimate of drug-likeness (QED) is 0.0425. The largest absolute Gasteiger partial charge is 0.508 e. The van der Waals surface area contributed by atoms with E-state index in [0.29, 0.717) is 12.8 Å². The second-order valence-corrected chi connectivity index (χ2v) is 11.7. The van der Waals surface area contributed by atoms with E-state index in [1.807, 2.05) is 60.7 Å². The first-order valence-electron chi connectivity index (χ1n) is 15.5. The number of nitrogens with zero attached hydrogens (tertiary/aromatic N) is 2. The van der Waals surface area contributed by atoms with E-state index in [1.165, 1.54) is 11.9 Å². The minimum atomic E-state index is -4.19. The zero-order valence-electron chi connectivity index (χ0n) is 27.1. The Bertz CT molecular complexity index is 1190. The molecule has 47 heavy (non-hydrogen) atoms. The van der Waals surface area contributed by atoms with Crippen LogP contribution in [0.2, 0.25) is 0 Å². The highest BCUT2D eigenvalue weighted by molar-refractivity contribution is 7.52. The summed E-state index contributed by atoms with van der Waals surface area (Å²) >= 11 is 0. The molecule has 260 valence electrons. The van der Waals surface area contributed by atoms with Gasteiger partial charge in [0.05, 0.1) is 46.2 Å². The first-order chi connectivity index (χ1) is 22.7. The number of carbonyl (C=O) groups is 3. The molecule has 0 unspecified atom stereocenters. The molecule has 0 spiro atoms. The normalized spacial score (nSPS) is 11.4. The molecule has 0 saturated carbocycles. The number of esters is 1. The molecular formula is C32H46N3O11P. The Morgan fingerprint density at radius 2 is 1.11 bits per heavy atom. The minimum Gasteiger partial charge on any atom is -0.465 e. The predicted molar refractivity (Wildman–Crippen MR) is 174 cm³/mol. The molecule has 0 atom stereocenters. The first kappa shape index (κ1) is 39.1. The highest BCUT2D eigenvalue weighted by Crippen LogP contribution is 2.50. The highest BCUT2D eigenvalue weighted by atomic mass is 31.2. The average molecular weight is 680 g/mol. The van der Waals surface area contributed by atoms with Crippen molar-refractivity contribution in [1.29, 1.82) is 0 Å². The lowest BCUT2D eigenvalue weighted by molar-refractivity contribution is -0.143. The fourth-order valence-corrected chi connectivity index (χ4v) is 5.12. The molecule has 2 rings (SSSR count). The van der Waals surface area contributed by atoms with Crippen LogP contribution in [0.25, 0.3) is 0 Å². The van der Waals surface area contributed by atoms with Crippen LogP contribution in [0.15, 0.2) is 65.4 Å². The summed E-state index contributed by atoms with van der Waals surface area (Å²) < 4.78 is 53.2. The highest BCUT2D eigenvalue weighted by Gasteiger charge is 2.26. The summed E-state index contributed by atoms with van der Waals surface area (Å²) in [7, 11) is -2.74. The molecule has 15 heteroatoms. The standard InChI is InChI=1S/C32H46N3O11P/c1-3-40-29(36)26-35(2)30(33)34-47(39,45-24-12-22-43-31(37)41-20-10-18-27-14-6-4-7-15-27)46-25-13-23-44-32(38)42-21-11-19-28-16-8-5-9-17-28/h4-9,14-17H,3,10-13,18-26H2,1-2H3,(H2,33,34,39). The van der Waals surface area contributed by atoms with Gasteiger partial charge < -0.3 is 34.3 Å². The molecule has 0 aliphatic heterocycles. The van der Waals surface area contributed by atoms with Crippen molar-refractivity contribution < 1.29 is 51.7 Å². The van der Waals surface area contributed by atoms with Gasteiger partial charge >= 0.3 is 26.0 Å². The maximum Gasteiger partial charge on any atom is 0.508 e. The van der Waals surface area contributed by atoms with Gasteiger partial charge in [0.2, 0.25) is 5.96 Å². The number of rotatable bonds is 22. The van der Waals surface area contributed by atoms with Crippen LogP contribution >= 0.6 is 7.75 Å². The Morgan fingerprint density at radius 3 is 1.53 bits per heavy atom. The van der Waals surface area contributed by atoms with Gasteiger partial charge in [0, 0.05) is 19.9 Å². The van der Waals surface area contributed by atoms with E-state index < -0.39 is 26.0 Å². The third-order valence-electron chi connectivity index (χ3n) is 6.16. The van der Waals surface area contributed by atoms with Crippen molar-refractivity contribution in [3.05, 3.63) is 71.8 Å². The van der Waals surface area contributed by atoms with Crippen LogP contribution in [0.5, 0.6) is 0 Å². The number of ether oxygens (including phenoxy) is 5. The lowest BCUT2D eigenvalue weighted by Gasteiger charge is -2.20. The summed E-state index contributed by atoms with van der Waals surface area (Å²) in [6, 6.07) is 19.6. The van der Waals surface area contributed by atoms with Gasteiger partial charge in [-0.2, -0.15) is 0 Å². The fraction of sp³-hybridized carbons (Fsp3) is 0.500. The van der Waals surface area contributed by atoms with Crippen LogP contribution in [0.4, 0.5) is 9.59 Å². The Kier molecular flexibility index (Phi) is 19.3. The first-order valence-corrected chi connectivity index (χ1v) is 17.0. The van der Waals surface area contributed by atoms with Crippen molar-refractivity contribution >= 4 is 32.0 Å². The van der Waals surface area contributed by atoms with E-state index in [0.717, 1.165) is 24.0 Å². The van der Waals surface area contributed by atoms with Gasteiger partial charge in [-0.25, -0.2) is 14.2 Å². The fourth-order valence-electron chi connectivity index (χ4n) is 3.80. The summed E-state index contributed by atoms with van der Waals surface area (Å²) in [5.74, 6) is -0.843. The van der Waals surface area contributed by atoms with E-state index in [-0.39, 0.29) is 71.6 Å². The Balaban J connectivity index is 1.73. The lowest BCUT2D eigenvalue weighted by Crippen LogP contribution is -2.38. The molecule has 0 amide bonds. The Morgan fingerprint density at radius 1 is 0.681 bits per heavy atom. The molecule has 0 heterocycles. The smallest absolute Gasteiger partial charge is 0.465 e. The minimum absolute atomic E-state index is 0.0687. The summed E-state index contributed by atoms with van der Waals surface area (Å²) in [5, 5.41) is 0. The predicted octanol–water partition coefficient (Wildman–Crippen LogP) is 5.29. The lowest BCUT2D eigenvalue weighted by atomic mass is 10.1. The molecule has 2 aromatic carbocycles. The molecule has 0 aromatic heterocycles. The average Bonchev–Trinajstić information content (AvgIpc) is 3.06. The van der Waals surface area contributed by atoms with Crippen molar-refractivity contribution in [2.75, 3.05) is 59.8 Å². The van der Waals surface area contributed by atoms with Gasteiger partial charge in [0.1, 0.15) is 6.54 Å². The van der Waals surface area contributed by atoms with Crippen LogP contribution in [0.1, 0.15) is 43.7 Å². The van der Waals surface area contributed by atoms with Crippen LogP contribution in [0, 0.1) is 0 Å². The van der Waals surface area contributed by atoms with Crippen LogP contribution in [-0.2, 0) is 54.9 Å². The summed E-state index contributed by atoms with van der Waals surface area (Å²) in [5.41, 5.74) is 8.23. The van der Waals surface area contributed by atoms with Crippen molar-refractivity contribution in [2.45, 2.75) is 45.4 Å². The van der Waals surface area contributed by atoms with Crippen LogP contribution in [-0.4, -0.2) is 89.0 Å². The molecule has 0 radical (unpaired) electrons. The number of hydrogen-bond donors (Lipinski definition) is 1. The van der Waals surface area contributed by atoms with E-state index in [2.05, 4.69) is 4.76 Å². The van der Waals surface area contributed by atoms with Gasteiger partial charge in [0.25, 0.3) is 0 Å². The van der Waals surface area contributed by atoms with Gasteiger partial charge in [-0.05, 0) is 43.7 Å². The molecule has 0 aliphatic rings. The van der Waals surface area contributed by atoms with Crippen molar-refractivity contribution in [3.8, 4) is 0 Å². The molecule has 0 fully saturated rings. The number of aryl methyl sites for hydroxylation is 2. The third kappa shape index (κ3) is 18.6. The molecule has 0 aliphatic carbocycles. The second-order valence-electron chi connectivity index (χ2n) is 10.0. The topological polar surface area (TPSA) is 175 Å². The Labute approximate surface area is 276 Å². The van der Waals surface area contributed by atoms with E-state index in [9.17, 15) is 18.9 Å². The zero-order chi connectivity index (χ0) is 34.2. The molecule has 14 nitrogen and oxygen atoms in total. The second kappa shape index (κ2) is 23.2. The number of nitrogens with two attached hydrogens (primary N) is 1. The monoisotopic (exact) mass is 679 g/mol. The van der Waals surface area contributed by atoms with E-state index in [4.69, 9.17) is 38.5 Å². The van der Waals surface area contributed by atoms with E-state index >= 15 is 0 Å². The zero-order valence-corrected chi connectivity index (χ0v) is 28.0. The van der Waals surface area contributed by atoms with Crippen molar-refractivity contribution in [2.24, 2.45) is 10.5 Å². The van der Waals surface area contributed by atoms with Crippen LogP contribution in [0.3, 0.4) is 0 Å². The molecule has 0 bridgehead atoms. The molecular weight excluding hydrogens is 633 g/mol. The molecule has 2 aromatic rings. The molecule has 2 N–H and O–H groups in total. The number of hydrogen-bond acceptors (Lipinski definition) is 11. The van der Waals surface area contributed by atoms with Gasteiger partial charge in [-0.3, -0.25) is 13.8 Å². The SMILES string of the molecule is CCOC(=O)CN(C)C(N)=NP(=O)(OCCCOC(=O)OCCCc1ccccc1)OCCCOC(=O)OCCCc1ccccc1. The van der Waals surface area contributed by atoms with Crippen molar-refractivity contribution in [3.63, 3.8) is 0 Å². The number of benzene rings is 2. The maximum absolute atomic E-state index is 13.4. The Hall–Kier alpha value is -4.13. The summed E-state index contributed by atoms with van der Waals surface area (Å²) in [6.07, 6.45) is 1.48. The van der Waals surface area contributed by atoms with Gasteiger partial charge in [-0.1, -0.05) is 60.7 Å². The third-order valence-corrected chi connectivity index (χ3v) is 7.63. The van der Waals surface area contributed by atoms with Crippen molar-refractivity contribution in [1.82, 2.24) is 4.90 Å². The number of guanidine groups is 1. The number of carbonyl (C=O) groups excluding carboxylic acids is 3. The molecule has 0 saturated heterocycles. The summed E-state index contributed by atoms with van der Waals surface area (Å²) in [4.78, 5) is 36.8. The number of likely N-dealkylation sites (N-methyl/N-ethyl adjacent to an activating group) is 1. The van der Waals surface area contributed by atoms with E-state index in [1.54, 1.807) is 6.92 Å². The van der Waals surface area contributed by atoms with Gasteiger partial charge in [0.15, 0.2) is 0 Å². The summed E-state index contributed by atoms with van der Waals surface area (Å²) in [6.45, 7) is 1.54. The van der Waals surface area contributed by atoms with Gasteiger partial charge in [-0.15, -0.1) is 4.76 Å². The maximum atomic E-state index is 13.4. The van der Waals surface area contributed by atoms with Crippen LogP contribution < -0.4 is 5.73 Å².